The highest BCUT2D eigenvalue weighted by Crippen LogP contribution is 2.22. The summed E-state index contributed by atoms with van der Waals surface area (Å²) < 4.78 is 0. The Morgan fingerprint density at radius 1 is 1.25 bits per heavy atom. The van der Waals surface area contributed by atoms with Gasteiger partial charge in [0.15, 0.2) is 0 Å². The number of nitriles is 1. The third kappa shape index (κ3) is 4.34. The molecule has 2 rings (SSSR count). The molecule has 6 heteroatoms. The molecule has 0 aliphatic heterocycles. The molecule has 24 heavy (non-hydrogen) atoms. The van der Waals surface area contributed by atoms with Gasteiger partial charge in [0.1, 0.15) is 17.5 Å². The minimum Gasteiger partial charge on any atom is -0.345 e. The topological polar surface area (TPSA) is 77.8 Å². The van der Waals surface area contributed by atoms with Crippen molar-refractivity contribution in [1.29, 1.82) is 5.26 Å². The Morgan fingerprint density at radius 2 is 1.92 bits per heavy atom. The van der Waals surface area contributed by atoms with E-state index in [2.05, 4.69) is 15.6 Å². The number of hydrogen-bond acceptors (Lipinski definition) is 4. The zero-order valence-electron chi connectivity index (χ0n) is 13.6. The van der Waals surface area contributed by atoms with Gasteiger partial charge in [-0.1, -0.05) is 29.3 Å². The number of benzene rings is 1. The van der Waals surface area contributed by atoms with Crippen LogP contribution < -0.4 is 10.6 Å². The molecule has 2 N–H and O–H groups in total. The predicted molar refractivity (Wildman–Crippen MR) is 95.8 cm³/mol. The lowest BCUT2D eigenvalue weighted by Crippen LogP contribution is -2.16. The van der Waals surface area contributed by atoms with Crippen LogP contribution in [-0.2, 0) is 4.79 Å². The third-order valence-corrected chi connectivity index (χ3v) is 3.60. The molecule has 0 unspecified atom stereocenters. The summed E-state index contributed by atoms with van der Waals surface area (Å²) in [6, 6.07) is 9.07. The summed E-state index contributed by atoms with van der Waals surface area (Å²) in [5, 5.41) is 15.3. The number of aromatic nitrogens is 1. The van der Waals surface area contributed by atoms with Crippen molar-refractivity contribution in [2.24, 2.45) is 0 Å². The van der Waals surface area contributed by atoms with Crippen molar-refractivity contribution in [3.05, 3.63) is 63.9 Å². The number of nitrogens with one attached hydrogen (secondary N) is 2. The maximum atomic E-state index is 12.3. The van der Waals surface area contributed by atoms with Gasteiger partial charge in [-0.25, -0.2) is 4.98 Å². The minimum atomic E-state index is -0.484. The molecule has 0 radical (unpaired) electrons. The van der Waals surface area contributed by atoms with E-state index in [-0.39, 0.29) is 5.57 Å². The molecule has 5 nitrogen and oxygen atoms in total. The van der Waals surface area contributed by atoms with Gasteiger partial charge in [0, 0.05) is 23.1 Å². The number of nitrogens with zero attached hydrogens (tertiary/aromatic N) is 2. The monoisotopic (exact) mass is 340 g/mol. The van der Waals surface area contributed by atoms with Gasteiger partial charge < -0.3 is 10.6 Å². The number of hydrogen-bond donors (Lipinski definition) is 2. The van der Waals surface area contributed by atoms with E-state index in [0.717, 1.165) is 16.7 Å². The van der Waals surface area contributed by atoms with Crippen molar-refractivity contribution in [3.8, 4) is 6.07 Å². The molecule has 0 fully saturated rings. The van der Waals surface area contributed by atoms with E-state index in [1.165, 1.54) is 12.4 Å². The van der Waals surface area contributed by atoms with Crippen molar-refractivity contribution in [1.82, 2.24) is 4.98 Å². The van der Waals surface area contributed by atoms with Gasteiger partial charge in [-0.05, 0) is 44.0 Å². The Kier molecular flexibility index (Phi) is 5.56. The molecule has 1 amide bonds. The number of aryl methyl sites for hydroxylation is 3. The molecule has 1 heterocycles. The van der Waals surface area contributed by atoms with Gasteiger partial charge in [-0.2, -0.15) is 5.26 Å². The van der Waals surface area contributed by atoms with Crippen LogP contribution in [0.4, 0.5) is 11.5 Å². The molecule has 0 aliphatic carbocycles. The molecule has 1 aromatic heterocycles. The Labute approximate surface area is 146 Å². The van der Waals surface area contributed by atoms with Crippen LogP contribution in [0.5, 0.6) is 0 Å². The number of carbonyl (C=O) groups excluding carboxylic acids is 1. The second kappa shape index (κ2) is 7.62. The van der Waals surface area contributed by atoms with Gasteiger partial charge in [0.25, 0.3) is 5.91 Å². The van der Waals surface area contributed by atoms with Gasteiger partial charge in [0.2, 0.25) is 0 Å². The third-order valence-electron chi connectivity index (χ3n) is 3.37. The normalized spacial score (nSPS) is 10.9. The summed E-state index contributed by atoms with van der Waals surface area (Å²) in [6.45, 7) is 5.83. The van der Waals surface area contributed by atoms with Crippen LogP contribution in [0.15, 0.2) is 42.2 Å². The van der Waals surface area contributed by atoms with E-state index in [0.29, 0.717) is 16.5 Å². The zero-order chi connectivity index (χ0) is 17.7. The lowest BCUT2D eigenvalue weighted by molar-refractivity contribution is -0.112. The summed E-state index contributed by atoms with van der Waals surface area (Å²) in [7, 11) is 0. The van der Waals surface area contributed by atoms with E-state index in [1.807, 2.05) is 39.0 Å². The van der Waals surface area contributed by atoms with E-state index in [1.54, 1.807) is 12.1 Å². The number of pyridine rings is 1. The van der Waals surface area contributed by atoms with Crippen molar-refractivity contribution < 1.29 is 4.79 Å². The van der Waals surface area contributed by atoms with Crippen LogP contribution in [0, 0.1) is 32.1 Å². The molecule has 2 aromatic rings. The first-order valence-electron chi connectivity index (χ1n) is 7.28. The molecule has 0 aliphatic rings. The number of rotatable bonds is 4. The van der Waals surface area contributed by atoms with Crippen LogP contribution >= 0.6 is 11.6 Å². The summed E-state index contributed by atoms with van der Waals surface area (Å²) in [5.74, 6) is -0.0344. The lowest BCUT2D eigenvalue weighted by atomic mass is 10.0. The predicted octanol–water partition coefficient (Wildman–Crippen LogP) is 4.12. The molecule has 0 atom stereocenters. The highest BCUT2D eigenvalue weighted by atomic mass is 35.5. The fraction of sp³-hybridized carbons (Fsp3) is 0.167. The van der Waals surface area contributed by atoms with E-state index in [4.69, 9.17) is 11.6 Å². The van der Waals surface area contributed by atoms with Gasteiger partial charge >= 0.3 is 0 Å². The summed E-state index contributed by atoms with van der Waals surface area (Å²) in [5.41, 5.74) is 3.67. The summed E-state index contributed by atoms with van der Waals surface area (Å²) >= 11 is 5.87. The highest BCUT2D eigenvalue weighted by molar-refractivity contribution is 6.30. The van der Waals surface area contributed by atoms with Gasteiger partial charge in [-0.3, -0.25) is 4.79 Å². The fourth-order valence-corrected chi connectivity index (χ4v) is 2.50. The average Bonchev–Trinajstić information content (AvgIpc) is 2.51. The largest absolute Gasteiger partial charge is 0.345 e. The van der Waals surface area contributed by atoms with Gasteiger partial charge in [0.05, 0.1) is 0 Å². The first-order valence-corrected chi connectivity index (χ1v) is 7.66. The Balaban J connectivity index is 2.18. The first kappa shape index (κ1) is 17.5. The number of anilines is 2. The molecule has 0 bridgehead atoms. The van der Waals surface area contributed by atoms with E-state index in [9.17, 15) is 10.1 Å². The molecule has 122 valence electrons. The molecular formula is C18H17ClN4O. The van der Waals surface area contributed by atoms with E-state index < -0.39 is 5.91 Å². The van der Waals surface area contributed by atoms with Crippen LogP contribution in [0.1, 0.15) is 16.7 Å². The first-order chi connectivity index (χ1) is 11.4. The van der Waals surface area contributed by atoms with Crippen molar-refractivity contribution >= 4 is 29.0 Å². The quantitative estimate of drug-likeness (QED) is 0.648. The van der Waals surface area contributed by atoms with Crippen LogP contribution in [0.25, 0.3) is 0 Å². The second-order valence-corrected chi connectivity index (χ2v) is 5.84. The molecule has 0 saturated carbocycles. The van der Waals surface area contributed by atoms with Crippen LogP contribution in [0.2, 0.25) is 5.02 Å². The second-order valence-electron chi connectivity index (χ2n) is 5.40. The highest BCUT2D eigenvalue weighted by Gasteiger charge is 2.12. The zero-order valence-corrected chi connectivity index (χ0v) is 14.4. The number of carbonyl (C=O) groups is 1. The number of amides is 1. The van der Waals surface area contributed by atoms with E-state index >= 15 is 0 Å². The van der Waals surface area contributed by atoms with Crippen LogP contribution in [-0.4, -0.2) is 10.9 Å². The van der Waals surface area contributed by atoms with Crippen LogP contribution in [0.3, 0.4) is 0 Å². The fourth-order valence-electron chi connectivity index (χ4n) is 2.34. The standard InChI is InChI=1S/C18H17ClN4O/c1-11-6-12(2)17(13(3)7-11)23-18(24)14(9-20)10-22-16-8-15(19)4-5-21-16/h4-8,10H,1-3H3,(H,21,22)(H,23,24)/b14-10-. The Morgan fingerprint density at radius 3 is 2.50 bits per heavy atom. The molecule has 1 aromatic carbocycles. The minimum absolute atomic E-state index is 0.0591. The molecule has 0 spiro atoms. The Hall–Kier alpha value is -2.84. The lowest BCUT2D eigenvalue weighted by Gasteiger charge is -2.12. The van der Waals surface area contributed by atoms with Crippen molar-refractivity contribution in [2.75, 3.05) is 10.6 Å². The SMILES string of the molecule is Cc1cc(C)c(NC(=O)/C(C#N)=C\Nc2cc(Cl)ccn2)c(C)c1. The maximum absolute atomic E-state index is 12.3. The summed E-state index contributed by atoms with van der Waals surface area (Å²) in [4.78, 5) is 16.4. The summed E-state index contributed by atoms with van der Waals surface area (Å²) in [6.07, 6.45) is 2.84. The molecule has 0 saturated heterocycles. The Bertz CT molecular complexity index is 829. The number of halogens is 1. The van der Waals surface area contributed by atoms with Gasteiger partial charge in [-0.15, -0.1) is 0 Å². The molecular weight excluding hydrogens is 324 g/mol. The average molecular weight is 341 g/mol. The van der Waals surface area contributed by atoms with Crippen molar-refractivity contribution in [3.63, 3.8) is 0 Å². The smallest absolute Gasteiger partial charge is 0.267 e. The van der Waals surface area contributed by atoms with Crippen molar-refractivity contribution in [2.45, 2.75) is 20.8 Å². The maximum Gasteiger partial charge on any atom is 0.267 e.